The largest absolute Gasteiger partial charge is 0.451 e. The van der Waals surface area contributed by atoms with E-state index in [-0.39, 0.29) is 29.6 Å². The Labute approximate surface area is 168 Å². The fourth-order valence-corrected chi connectivity index (χ4v) is 2.96. The summed E-state index contributed by atoms with van der Waals surface area (Å²) in [4.78, 5) is 26.7. The Morgan fingerprint density at radius 2 is 1.85 bits per heavy atom. The van der Waals surface area contributed by atoms with Crippen molar-refractivity contribution in [1.29, 1.82) is 0 Å². The Morgan fingerprint density at radius 3 is 2.52 bits per heavy atom. The monoisotopic (exact) mass is 406 g/mol. The average molecular weight is 407 g/mol. The van der Waals surface area contributed by atoms with Crippen LogP contribution in [0.15, 0.2) is 63.8 Å². The van der Waals surface area contributed by atoms with Crippen molar-refractivity contribution in [3.8, 4) is 0 Å². The van der Waals surface area contributed by atoms with Crippen molar-refractivity contribution in [2.24, 2.45) is 0 Å². The molecule has 1 aromatic heterocycles. The second-order valence-electron chi connectivity index (χ2n) is 6.22. The van der Waals surface area contributed by atoms with Gasteiger partial charge in [-0.05, 0) is 37.9 Å². The van der Waals surface area contributed by atoms with Crippen LogP contribution in [0.4, 0.5) is 0 Å². The standard InChI is InChI=1S/C20H19ClN2O3.ClH/c1-23(2)16(13-6-4-3-5-7-13)12-22-20(25)19-11-17(24)15-10-14(21)8-9-18(15)26-19;/h3-11,16H,12H2,1-2H3,(H,22,25);1H. The van der Waals surface area contributed by atoms with Gasteiger partial charge in [-0.1, -0.05) is 41.9 Å². The maximum atomic E-state index is 12.5. The van der Waals surface area contributed by atoms with Gasteiger partial charge in [0.1, 0.15) is 5.58 Å². The topological polar surface area (TPSA) is 62.6 Å². The van der Waals surface area contributed by atoms with Crippen LogP contribution in [0.2, 0.25) is 5.02 Å². The van der Waals surface area contributed by atoms with Crippen LogP contribution in [0.5, 0.6) is 0 Å². The molecule has 1 amide bonds. The lowest BCUT2D eigenvalue weighted by molar-refractivity contribution is 0.0914. The van der Waals surface area contributed by atoms with E-state index in [9.17, 15) is 9.59 Å². The van der Waals surface area contributed by atoms with Crippen molar-refractivity contribution < 1.29 is 9.21 Å². The number of carbonyl (C=O) groups is 1. The van der Waals surface area contributed by atoms with Crippen LogP contribution in [0, 0.1) is 0 Å². The fraction of sp³-hybridized carbons (Fsp3) is 0.200. The molecule has 1 unspecified atom stereocenters. The molecule has 0 fully saturated rings. The van der Waals surface area contributed by atoms with Crippen LogP contribution in [0.1, 0.15) is 22.2 Å². The fourth-order valence-electron chi connectivity index (χ4n) is 2.79. The van der Waals surface area contributed by atoms with E-state index in [1.165, 1.54) is 12.1 Å². The molecule has 0 aliphatic carbocycles. The predicted octanol–water partition coefficient (Wildman–Crippen LogP) is 3.90. The van der Waals surface area contributed by atoms with Crippen molar-refractivity contribution in [3.63, 3.8) is 0 Å². The lowest BCUT2D eigenvalue weighted by atomic mass is 10.1. The Balaban J connectivity index is 0.00000261. The minimum absolute atomic E-state index is 0. The summed E-state index contributed by atoms with van der Waals surface area (Å²) in [5.41, 5.74) is 1.12. The Bertz CT molecular complexity index is 987. The van der Waals surface area contributed by atoms with Gasteiger partial charge in [-0.3, -0.25) is 9.59 Å². The maximum absolute atomic E-state index is 12.5. The van der Waals surface area contributed by atoms with Gasteiger partial charge in [0.05, 0.1) is 11.4 Å². The van der Waals surface area contributed by atoms with Crippen molar-refractivity contribution in [2.45, 2.75) is 6.04 Å². The second kappa shape index (κ2) is 9.04. The number of benzene rings is 2. The first kappa shape index (κ1) is 21.0. The molecule has 0 bridgehead atoms. The van der Waals surface area contributed by atoms with Gasteiger partial charge < -0.3 is 14.6 Å². The van der Waals surface area contributed by atoms with Crippen molar-refractivity contribution >= 4 is 40.9 Å². The SMILES string of the molecule is CN(C)C(CNC(=O)c1cc(=O)c2cc(Cl)ccc2o1)c1ccccc1.Cl. The van der Waals surface area contributed by atoms with Crippen LogP contribution in [-0.4, -0.2) is 31.4 Å². The number of halogens is 2. The zero-order valence-corrected chi connectivity index (χ0v) is 16.5. The highest BCUT2D eigenvalue weighted by atomic mass is 35.5. The van der Waals surface area contributed by atoms with E-state index in [0.717, 1.165) is 5.56 Å². The van der Waals surface area contributed by atoms with Crippen LogP contribution in [0.25, 0.3) is 11.0 Å². The molecule has 0 aliphatic rings. The number of nitrogens with zero attached hydrogens (tertiary/aromatic N) is 1. The molecular weight excluding hydrogens is 387 g/mol. The highest BCUT2D eigenvalue weighted by molar-refractivity contribution is 6.31. The minimum Gasteiger partial charge on any atom is -0.451 e. The van der Waals surface area contributed by atoms with Crippen molar-refractivity contribution in [3.05, 3.63) is 81.2 Å². The third-order valence-corrected chi connectivity index (χ3v) is 4.41. The summed E-state index contributed by atoms with van der Waals surface area (Å²) >= 11 is 5.90. The van der Waals surface area contributed by atoms with E-state index in [0.29, 0.717) is 22.5 Å². The molecule has 3 rings (SSSR count). The first-order valence-corrected chi connectivity index (χ1v) is 8.56. The zero-order valence-electron chi connectivity index (χ0n) is 14.9. The number of hydrogen-bond donors (Lipinski definition) is 1. The first-order valence-electron chi connectivity index (χ1n) is 8.18. The average Bonchev–Trinajstić information content (AvgIpc) is 2.62. The quantitative estimate of drug-likeness (QED) is 0.697. The van der Waals surface area contributed by atoms with Crippen LogP contribution < -0.4 is 10.7 Å². The molecule has 5 nitrogen and oxygen atoms in total. The lowest BCUT2D eigenvalue weighted by Gasteiger charge is -2.25. The van der Waals surface area contributed by atoms with Crippen LogP contribution in [-0.2, 0) is 0 Å². The van der Waals surface area contributed by atoms with Gasteiger partial charge in [0, 0.05) is 17.6 Å². The van der Waals surface area contributed by atoms with Crippen LogP contribution in [0.3, 0.4) is 0 Å². The molecule has 2 aromatic carbocycles. The Morgan fingerprint density at radius 1 is 1.15 bits per heavy atom. The molecule has 0 saturated heterocycles. The molecule has 142 valence electrons. The molecule has 0 saturated carbocycles. The van der Waals surface area contributed by atoms with Gasteiger partial charge in [-0.25, -0.2) is 0 Å². The third kappa shape index (κ3) is 4.89. The van der Waals surface area contributed by atoms with Gasteiger partial charge in [-0.2, -0.15) is 0 Å². The number of fused-ring (bicyclic) bond motifs is 1. The van der Waals surface area contributed by atoms with E-state index in [1.807, 2.05) is 49.3 Å². The number of nitrogens with one attached hydrogen (secondary N) is 1. The number of carbonyl (C=O) groups excluding carboxylic acids is 1. The molecule has 3 aromatic rings. The van der Waals surface area contributed by atoms with E-state index >= 15 is 0 Å². The van der Waals surface area contributed by atoms with E-state index < -0.39 is 5.91 Å². The molecule has 1 heterocycles. The summed E-state index contributed by atoms with van der Waals surface area (Å²) in [7, 11) is 3.90. The molecule has 0 aliphatic heterocycles. The normalized spacial score (nSPS) is 11.9. The summed E-state index contributed by atoms with van der Waals surface area (Å²) in [5, 5.41) is 3.64. The smallest absolute Gasteiger partial charge is 0.287 e. The third-order valence-electron chi connectivity index (χ3n) is 4.18. The number of amides is 1. The van der Waals surface area contributed by atoms with Crippen LogP contribution >= 0.6 is 24.0 Å². The summed E-state index contributed by atoms with van der Waals surface area (Å²) in [6, 6.07) is 15.8. The molecule has 1 N–H and O–H groups in total. The van der Waals surface area contributed by atoms with E-state index in [4.69, 9.17) is 16.0 Å². The number of rotatable bonds is 5. The summed E-state index contributed by atoms with van der Waals surface area (Å²) in [6.07, 6.45) is 0. The molecule has 1 atom stereocenters. The second-order valence-corrected chi connectivity index (χ2v) is 6.65. The minimum atomic E-state index is -0.429. The van der Waals surface area contributed by atoms with Gasteiger partial charge in [0.25, 0.3) is 5.91 Å². The summed E-state index contributed by atoms with van der Waals surface area (Å²) < 4.78 is 5.57. The molecular formula is C20H20Cl2N2O3. The Hall–Kier alpha value is -2.34. The van der Waals surface area contributed by atoms with Crippen molar-refractivity contribution in [2.75, 3.05) is 20.6 Å². The van der Waals surface area contributed by atoms with Gasteiger partial charge in [0.15, 0.2) is 11.2 Å². The lowest BCUT2D eigenvalue weighted by Crippen LogP contribution is -2.34. The molecule has 27 heavy (non-hydrogen) atoms. The molecule has 7 heteroatoms. The Kier molecular flexibility index (Phi) is 7.02. The summed E-state index contributed by atoms with van der Waals surface area (Å²) in [5.74, 6) is -0.447. The zero-order chi connectivity index (χ0) is 18.7. The van der Waals surface area contributed by atoms with Gasteiger partial charge in [0.2, 0.25) is 0 Å². The van der Waals surface area contributed by atoms with Gasteiger partial charge in [-0.15, -0.1) is 12.4 Å². The number of likely N-dealkylation sites (N-methyl/N-ethyl adjacent to an activating group) is 1. The van der Waals surface area contributed by atoms with E-state index in [1.54, 1.807) is 12.1 Å². The maximum Gasteiger partial charge on any atom is 0.287 e. The van der Waals surface area contributed by atoms with E-state index in [2.05, 4.69) is 5.32 Å². The van der Waals surface area contributed by atoms with Crippen molar-refractivity contribution in [1.82, 2.24) is 10.2 Å². The first-order chi connectivity index (χ1) is 12.5. The molecule has 0 radical (unpaired) electrons. The molecule has 0 spiro atoms. The number of hydrogen-bond acceptors (Lipinski definition) is 4. The summed E-state index contributed by atoms with van der Waals surface area (Å²) in [6.45, 7) is 0.387. The highest BCUT2D eigenvalue weighted by Gasteiger charge is 2.17. The van der Waals surface area contributed by atoms with Gasteiger partial charge >= 0.3 is 0 Å². The highest BCUT2D eigenvalue weighted by Crippen LogP contribution is 2.19. The predicted molar refractivity (Wildman–Crippen MR) is 110 cm³/mol.